The van der Waals surface area contributed by atoms with Crippen LogP contribution in [0.25, 0.3) is 0 Å². The number of carbonyl (C=O) groups is 1. The fourth-order valence-corrected chi connectivity index (χ4v) is 1.66. The second kappa shape index (κ2) is 5.94. The van der Waals surface area contributed by atoms with Gasteiger partial charge in [0.05, 0.1) is 0 Å². The van der Waals surface area contributed by atoms with Gasteiger partial charge in [-0.25, -0.2) is 0 Å². The molecule has 0 heterocycles. The highest BCUT2D eigenvalue weighted by Gasteiger charge is 2.21. The largest absolute Gasteiger partial charge is 0.345 e. The van der Waals surface area contributed by atoms with Gasteiger partial charge in [-0.05, 0) is 31.6 Å². The average molecular weight is 209 g/mol. The standard InChI is InChI=1S/C13H23NO/c1-4-5-6-7-12(10-11-8-9-11)13(15)14(2)3/h10-11H,4-9H2,1-3H3/b12-10-. The van der Waals surface area contributed by atoms with E-state index in [1.54, 1.807) is 4.90 Å². The van der Waals surface area contributed by atoms with Gasteiger partial charge in [-0.2, -0.15) is 0 Å². The molecule has 0 unspecified atom stereocenters. The fourth-order valence-electron chi connectivity index (χ4n) is 1.66. The first-order valence-corrected chi connectivity index (χ1v) is 6.07. The van der Waals surface area contributed by atoms with Crippen molar-refractivity contribution < 1.29 is 4.79 Å². The molecule has 86 valence electrons. The third-order valence-electron chi connectivity index (χ3n) is 2.79. The van der Waals surface area contributed by atoms with Crippen LogP contribution < -0.4 is 0 Å². The van der Waals surface area contributed by atoms with Crippen molar-refractivity contribution in [3.63, 3.8) is 0 Å². The molecule has 1 fully saturated rings. The Labute approximate surface area is 93.3 Å². The number of likely N-dealkylation sites (N-methyl/N-ethyl adjacent to an activating group) is 1. The Balaban J connectivity index is 2.48. The maximum atomic E-state index is 11.9. The van der Waals surface area contributed by atoms with E-state index in [1.807, 2.05) is 14.1 Å². The summed E-state index contributed by atoms with van der Waals surface area (Å²) in [6, 6.07) is 0. The second-order valence-electron chi connectivity index (χ2n) is 4.69. The zero-order valence-electron chi connectivity index (χ0n) is 10.3. The van der Waals surface area contributed by atoms with Gasteiger partial charge in [-0.3, -0.25) is 4.79 Å². The maximum absolute atomic E-state index is 11.9. The summed E-state index contributed by atoms with van der Waals surface area (Å²) in [5.74, 6) is 0.906. The molecule has 0 bridgehead atoms. The molecule has 0 saturated heterocycles. The van der Waals surface area contributed by atoms with Crippen LogP contribution in [0.2, 0.25) is 0 Å². The van der Waals surface area contributed by atoms with E-state index < -0.39 is 0 Å². The summed E-state index contributed by atoms with van der Waals surface area (Å²) in [6.45, 7) is 2.19. The van der Waals surface area contributed by atoms with Crippen molar-refractivity contribution in [3.05, 3.63) is 11.6 Å². The molecule has 1 amide bonds. The lowest BCUT2D eigenvalue weighted by Gasteiger charge is -2.13. The number of carbonyl (C=O) groups excluding carboxylic acids is 1. The molecule has 0 spiro atoms. The maximum Gasteiger partial charge on any atom is 0.248 e. The van der Waals surface area contributed by atoms with Crippen molar-refractivity contribution in [1.29, 1.82) is 0 Å². The van der Waals surface area contributed by atoms with Crippen LogP contribution in [0.1, 0.15) is 45.4 Å². The first kappa shape index (κ1) is 12.3. The molecule has 0 aromatic rings. The number of rotatable bonds is 6. The Morgan fingerprint density at radius 1 is 1.33 bits per heavy atom. The molecule has 0 aromatic carbocycles. The molecule has 1 saturated carbocycles. The van der Waals surface area contributed by atoms with E-state index in [1.165, 1.54) is 25.7 Å². The number of amides is 1. The number of hydrogen-bond acceptors (Lipinski definition) is 1. The topological polar surface area (TPSA) is 20.3 Å². The van der Waals surface area contributed by atoms with Crippen molar-refractivity contribution in [2.75, 3.05) is 14.1 Å². The highest BCUT2D eigenvalue weighted by atomic mass is 16.2. The quantitative estimate of drug-likeness (QED) is 0.486. The Morgan fingerprint density at radius 3 is 2.47 bits per heavy atom. The predicted molar refractivity (Wildman–Crippen MR) is 63.6 cm³/mol. The molecule has 0 atom stereocenters. The Bertz CT molecular complexity index is 239. The van der Waals surface area contributed by atoms with Crippen LogP contribution >= 0.6 is 0 Å². The summed E-state index contributed by atoms with van der Waals surface area (Å²) < 4.78 is 0. The first-order chi connectivity index (χ1) is 7.15. The summed E-state index contributed by atoms with van der Waals surface area (Å²) in [7, 11) is 3.67. The van der Waals surface area contributed by atoms with Gasteiger partial charge in [0, 0.05) is 19.7 Å². The molecule has 1 aliphatic carbocycles. The minimum absolute atomic E-state index is 0.206. The predicted octanol–water partition coefficient (Wildman–Crippen LogP) is 2.99. The summed E-state index contributed by atoms with van der Waals surface area (Å²) >= 11 is 0. The van der Waals surface area contributed by atoms with E-state index >= 15 is 0 Å². The lowest BCUT2D eigenvalue weighted by Crippen LogP contribution is -2.23. The molecule has 0 aromatic heterocycles. The number of allylic oxidation sites excluding steroid dienone is 1. The van der Waals surface area contributed by atoms with Crippen LogP contribution in [0.3, 0.4) is 0 Å². The molecule has 2 heteroatoms. The van der Waals surface area contributed by atoms with Crippen LogP contribution in [-0.2, 0) is 4.79 Å². The van der Waals surface area contributed by atoms with Crippen molar-refractivity contribution in [3.8, 4) is 0 Å². The SMILES string of the molecule is CCCCC/C(=C/C1CC1)C(=O)N(C)C. The lowest BCUT2D eigenvalue weighted by atomic mass is 10.0. The molecule has 15 heavy (non-hydrogen) atoms. The molecule has 2 nitrogen and oxygen atoms in total. The van der Waals surface area contributed by atoms with Crippen LogP contribution in [-0.4, -0.2) is 24.9 Å². The highest BCUT2D eigenvalue weighted by molar-refractivity contribution is 5.93. The minimum Gasteiger partial charge on any atom is -0.345 e. The number of hydrogen-bond donors (Lipinski definition) is 0. The normalized spacial score (nSPS) is 16.6. The fraction of sp³-hybridized carbons (Fsp3) is 0.769. The third-order valence-corrected chi connectivity index (χ3v) is 2.79. The van der Waals surface area contributed by atoms with Crippen LogP contribution in [0.5, 0.6) is 0 Å². The first-order valence-electron chi connectivity index (χ1n) is 6.07. The molecular weight excluding hydrogens is 186 g/mol. The van der Waals surface area contributed by atoms with E-state index in [4.69, 9.17) is 0 Å². The highest BCUT2D eigenvalue weighted by Crippen LogP contribution is 2.32. The zero-order valence-corrected chi connectivity index (χ0v) is 10.3. The van der Waals surface area contributed by atoms with Gasteiger partial charge in [0.2, 0.25) is 5.91 Å². The van der Waals surface area contributed by atoms with E-state index in [2.05, 4.69) is 13.0 Å². The van der Waals surface area contributed by atoms with Gasteiger partial charge in [0.1, 0.15) is 0 Å². The molecular formula is C13H23NO. The second-order valence-corrected chi connectivity index (χ2v) is 4.69. The molecule has 0 aliphatic heterocycles. The van der Waals surface area contributed by atoms with Crippen molar-refractivity contribution >= 4 is 5.91 Å². The van der Waals surface area contributed by atoms with Crippen molar-refractivity contribution in [2.45, 2.75) is 45.4 Å². The minimum atomic E-state index is 0.206. The lowest BCUT2D eigenvalue weighted by molar-refractivity contribution is -0.124. The summed E-state index contributed by atoms with van der Waals surface area (Å²) in [6.07, 6.45) is 9.31. The number of nitrogens with zero attached hydrogens (tertiary/aromatic N) is 1. The summed E-state index contributed by atoms with van der Waals surface area (Å²) in [5, 5.41) is 0. The van der Waals surface area contributed by atoms with E-state index in [-0.39, 0.29) is 5.91 Å². The molecule has 0 radical (unpaired) electrons. The summed E-state index contributed by atoms with van der Waals surface area (Å²) in [4.78, 5) is 13.6. The Hall–Kier alpha value is -0.790. The van der Waals surface area contributed by atoms with Gasteiger partial charge in [-0.1, -0.05) is 25.8 Å². The Morgan fingerprint density at radius 2 is 2.00 bits per heavy atom. The number of unbranched alkanes of at least 4 members (excludes halogenated alkanes) is 2. The van der Waals surface area contributed by atoms with Crippen LogP contribution in [0.4, 0.5) is 0 Å². The van der Waals surface area contributed by atoms with Gasteiger partial charge in [-0.15, -0.1) is 0 Å². The average Bonchev–Trinajstić information content (AvgIpc) is 2.99. The zero-order chi connectivity index (χ0) is 11.3. The molecule has 1 rings (SSSR count). The smallest absolute Gasteiger partial charge is 0.248 e. The van der Waals surface area contributed by atoms with Gasteiger partial charge < -0.3 is 4.90 Å². The van der Waals surface area contributed by atoms with Gasteiger partial charge in [0.15, 0.2) is 0 Å². The van der Waals surface area contributed by atoms with E-state index in [0.717, 1.165) is 18.4 Å². The van der Waals surface area contributed by atoms with Crippen LogP contribution in [0.15, 0.2) is 11.6 Å². The van der Waals surface area contributed by atoms with E-state index in [9.17, 15) is 4.79 Å². The molecule has 0 N–H and O–H groups in total. The monoisotopic (exact) mass is 209 g/mol. The summed E-state index contributed by atoms with van der Waals surface area (Å²) in [5.41, 5.74) is 1.04. The van der Waals surface area contributed by atoms with Gasteiger partial charge in [0.25, 0.3) is 0 Å². The van der Waals surface area contributed by atoms with Crippen LogP contribution in [0, 0.1) is 5.92 Å². The van der Waals surface area contributed by atoms with Gasteiger partial charge >= 0.3 is 0 Å². The van der Waals surface area contributed by atoms with Crippen molar-refractivity contribution in [2.24, 2.45) is 5.92 Å². The Kier molecular flexibility index (Phi) is 4.86. The van der Waals surface area contributed by atoms with Crippen molar-refractivity contribution in [1.82, 2.24) is 4.90 Å². The molecule has 1 aliphatic rings. The van der Waals surface area contributed by atoms with E-state index in [0.29, 0.717) is 5.92 Å². The third kappa shape index (κ3) is 4.50.